The van der Waals surface area contributed by atoms with Gasteiger partial charge in [0.15, 0.2) is 11.2 Å². The lowest BCUT2D eigenvalue weighted by atomic mass is 10.2. The molecule has 3 rings (SSSR count). The van der Waals surface area contributed by atoms with Crippen LogP contribution in [-0.4, -0.2) is 19.1 Å². The number of hydrogen-bond donors (Lipinski definition) is 1. The van der Waals surface area contributed by atoms with Crippen molar-refractivity contribution in [2.75, 3.05) is 13.2 Å². The summed E-state index contributed by atoms with van der Waals surface area (Å²) in [5, 5.41) is 3.55. The highest BCUT2D eigenvalue weighted by atomic mass is 35.5. The molecule has 6 heteroatoms. The Kier molecular flexibility index (Phi) is 5.92. The van der Waals surface area contributed by atoms with Gasteiger partial charge in [-0.2, -0.15) is 0 Å². The monoisotopic (exact) mass is 371 g/mol. The zero-order chi connectivity index (χ0) is 18.4. The van der Waals surface area contributed by atoms with Crippen LogP contribution in [0.15, 0.2) is 63.8 Å². The summed E-state index contributed by atoms with van der Waals surface area (Å²) in [4.78, 5) is 24.3. The van der Waals surface area contributed by atoms with Gasteiger partial charge in [-0.1, -0.05) is 29.8 Å². The standard InChI is InChI=1S/C20H18ClNO4/c21-14-8-9-18-16(12-14)17(23)13-19(26-18)20(24)22-10-4-5-11-25-15-6-2-1-3-7-15/h1-3,6-9,12-13H,4-5,10-11H2,(H,22,24). The molecule has 3 aromatic rings. The highest BCUT2D eigenvalue weighted by molar-refractivity contribution is 6.31. The molecule has 1 amide bonds. The Morgan fingerprint density at radius 2 is 1.88 bits per heavy atom. The van der Waals surface area contributed by atoms with Crippen molar-refractivity contribution in [1.82, 2.24) is 5.32 Å². The molecule has 0 radical (unpaired) electrons. The summed E-state index contributed by atoms with van der Waals surface area (Å²) in [6.45, 7) is 1.05. The molecule has 0 aliphatic heterocycles. The first kappa shape index (κ1) is 18.0. The van der Waals surface area contributed by atoms with Crippen molar-refractivity contribution >= 4 is 28.5 Å². The molecule has 0 saturated carbocycles. The Morgan fingerprint density at radius 3 is 2.69 bits per heavy atom. The molecule has 0 bridgehead atoms. The third-order valence-corrected chi connectivity index (χ3v) is 4.02. The third kappa shape index (κ3) is 4.64. The second kappa shape index (κ2) is 8.54. The first-order valence-corrected chi connectivity index (χ1v) is 8.71. The number of nitrogens with one attached hydrogen (secondary N) is 1. The summed E-state index contributed by atoms with van der Waals surface area (Å²) in [7, 11) is 0. The summed E-state index contributed by atoms with van der Waals surface area (Å²) in [6.07, 6.45) is 1.56. The van der Waals surface area contributed by atoms with Gasteiger partial charge in [-0.3, -0.25) is 9.59 Å². The van der Waals surface area contributed by atoms with E-state index < -0.39 is 5.91 Å². The number of ether oxygens (including phenoxy) is 1. The van der Waals surface area contributed by atoms with Crippen LogP contribution in [0.1, 0.15) is 23.4 Å². The van der Waals surface area contributed by atoms with Gasteiger partial charge >= 0.3 is 0 Å². The number of carbonyl (C=O) groups excluding carboxylic acids is 1. The average Bonchev–Trinajstić information content (AvgIpc) is 2.65. The molecule has 0 fully saturated rings. The first-order chi connectivity index (χ1) is 12.6. The molecular weight excluding hydrogens is 354 g/mol. The van der Waals surface area contributed by atoms with Crippen LogP contribution in [0.3, 0.4) is 0 Å². The van der Waals surface area contributed by atoms with Crippen LogP contribution >= 0.6 is 11.6 Å². The summed E-state index contributed by atoms with van der Waals surface area (Å²) in [6, 6.07) is 15.5. The van der Waals surface area contributed by atoms with Gasteiger partial charge in [-0.15, -0.1) is 0 Å². The van der Waals surface area contributed by atoms with Crippen LogP contribution < -0.4 is 15.5 Å². The van der Waals surface area contributed by atoms with Gasteiger partial charge < -0.3 is 14.5 Å². The van der Waals surface area contributed by atoms with E-state index in [9.17, 15) is 9.59 Å². The Bertz CT molecular complexity index is 953. The Morgan fingerprint density at radius 1 is 1.08 bits per heavy atom. The molecule has 2 aromatic carbocycles. The number of unbranched alkanes of at least 4 members (excludes halogenated alkanes) is 1. The van der Waals surface area contributed by atoms with Crippen LogP contribution in [0.4, 0.5) is 0 Å². The fraction of sp³-hybridized carbons (Fsp3) is 0.200. The van der Waals surface area contributed by atoms with E-state index >= 15 is 0 Å². The van der Waals surface area contributed by atoms with Crippen LogP contribution in [0.2, 0.25) is 5.02 Å². The largest absolute Gasteiger partial charge is 0.494 e. The fourth-order valence-electron chi connectivity index (χ4n) is 2.46. The SMILES string of the molecule is O=C(NCCCCOc1ccccc1)c1cc(=O)c2cc(Cl)ccc2o1. The topological polar surface area (TPSA) is 68.5 Å². The number of para-hydroxylation sites is 1. The van der Waals surface area contributed by atoms with E-state index in [1.54, 1.807) is 12.1 Å². The zero-order valence-corrected chi connectivity index (χ0v) is 14.8. The number of carbonyl (C=O) groups is 1. The number of amides is 1. The van der Waals surface area contributed by atoms with Gasteiger partial charge in [0.05, 0.1) is 12.0 Å². The molecule has 1 N–H and O–H groups in total. The molecule has 0 atom stereocenters. The van der Waals surface area contributed by atoms with Gasteiger partial charge in [-0.25, -0.2) is 0 Å². The lowest BCUT2D eigenvalue weighted by Gasteiger charge is -2.07. The van der Waals surface area contributed by atoms with Gasteiger partial charge in [0.1, 0.15) is 11.3 Å². The molecule has 0 unspecified atom stereocenters. The quantitative estimate of drug-likeness (QED) is 0.636. The smallest absolute Gasteiger partial charge is 0.287 e. The lowest BCUT2D eigenvalue weighted by Crippen LogP contribution is -2.25. The Balaban J connectivity index is 1.48. The minimum Gasteiger partial charge on any atom is -0.494 e. The van der Waals surface area contributed by atoms with E-state index in [0.717, 1.165) is 18.6 Å². The van der Waals surface area contributed by atoms with Gasteiger partial charge in [0.25, 0.3) is 5.91 Å². The number of halogens is 1. The predicted octanol–water partition coefficient (Wildman–Crippen LogP) is 4.04. The Hall–Kier alpha value is -2.79. The molecule has 0 saturated heterocycles. The van der Waals surface area contributed by atoms with E-state index in [2.05, 4.69) is 5.32 Å². The maximum atomic E-state index is 12.2. The molecule has 134 valence electrons. The van der Waals surface area contributed by atoms with Crippen molar-refractivity contribution < 1.29 is 13.9 Å². The number of hydrogen-bond acceptors (Lipinski definition) is 4. The second-order valence-electron chi connectivity index (χ2n) is 5.74. The summed E-state index contributed by atoms with van der Waals surface area (Å²) >= 11 is 5.87. The highest BCUT2D eigenvalue weighted by Gasteiger charge is 2.12. The van der Waals surface area contributed by atoms with Crippen LogP contribution in [0, 0.1) is 0 Å². The van der Waals surface area contributed by atoms with Crippen LogP contribution in [-0.2, 0) is 0 Å². The van der Waals surface area contributed by atoms with Gasteiger partial charge in [0.2, 0.25) is 0 Å². The minimum atomic E-state index is -0.414. The fourth-order valence-corrected chi connectivity index (χ4v) is 2.64. The van der Waals surface area contributed by atoms with Gasteiger partial charge in [-0.05, 0) is 43.2 Å². The molecule has 0 aliphatic carbocycles. The first-order valence-electron chi connectivity index (χ1n) is 8.33. The number of benzene rings is 2. The molecule has 0 aliphatic rings. The van der Waals surface area contributed by atoms with E-state index in [1.165, 1.54) is 12.1 Å². The Labute approximate surface area is 155 Å². The molecular formula is C20H18ClNO4. The minimum absolute atomic E-state index is 0.00893. The molecule has 5 nitrogen and oxygen atoms in total. The molecule has 1 aromatic heterocycles. The van der Waals surface area contributed by atoms with Crippen molar-refractivity contribution in [2.45, 2.75) is 12.8 Å². The van der Waals surface area contributed by atoms with Crippen molar-refractivity contribution in [1.29, 1.82) is 0 Å². The molecule has 1 heterocycles. The van der Waals surface area contributed by atoms with Crippen LogP contribution in [0.25, 0.3) is 11.0 Å². The van der Waals surface area contributed by atoms with Gasteiger partial charge in [0, 0.05) is 17.6 Å². The zero-order valence-electron chi connectivity index (χ0n) is 14.0. The van der Waals surface area contributed by atoms with E-state index in [4.69, 9.17) is 20.8 Å². The average molecular weight is 372 g/mol. The second-order valence-corrected chi connectivity index (χ2v) is 6.18. The number of rotatable bonds is 7. The van der Waals surface area contributed by atoms with E-state index in [0.29, 0.717) is 29.1 Å². The maximum Gasteiger partial charge on any atom is 0.287 e. The summed E-state index contributed by atoms with van der Waals surface area (Å²) in [5.74, 6) is 0.405. The van der Waals surface area contributed by atoms with E-state index in [1.807, 2.05) is 30.3 Å². The van der Waals surface area contributed by atoms with E-state index in [-0.39, 0.29) is 11.2 Å². The summed E-state index contributed by atoms with van der Waals surface area (Å²) < 4.78 is 11.1. The maximum absolute atomic E-state index is 12.2. The van der Waals surface area contributed by atoms with Crippen molar-refractivity contribution in [3.05, 3.63) is 75.6 Å². The normalized spacial score (nSPS) is 10.7. The lowest BCUT2D eigenvalue weighted by molar-refractivity contribution is 0.0925. The molecule has 0 spiro atoms. The van der Waals surface area contributed by atoms with Crippen molar-refractivity contribution in [3.8, 4) is 5.75 Å². The summed E-state index contributed by atoms with van der Waals surface area (Å²) in [5.41, 5.74) is 0.0403. The van der Waals surface area contributed by atoms with Crippen LogP contribution in [0.5, 0.6) is 5.75 Å². The predicted molar refractivity (Wildman–Crippen MR) is 101 cm³/mol. The molecule has 26 heavy (non-hydrogen) atoms. The third-order valence-electron chi connectivity index (χ3n) is 3.78. The van der Waals surface area contributed by atoms with Crippen molar-refractivity contribution in [3.63, 3.8) is 0 Å². The highest BCUT2D eigenvalue weighted by Crippen LogP contribution is 2.17. The van der Waals surface area contributed by atoms with Crippen molar-refractivity contribution in [2.24, 2.45) is 0 Å². The number of fused-ring (bicyclic) bond motifs is 1.